The van der Waals surface area contributed by atoms with Crippen molar-refractivity contribution in [2.24, 2.45) is 0 Å². The lowest BCUT2D eigenvalue weighted by atomic mass is 9.94. The number of likely N-dealkylation sites (tertiary alicyclic amines) is 1. The van der Waals surface area contributed by atoms with Gasteiger partial charge in [0.05, 0.1) is 52.1 Å². The van der Waals surface area contributed by atoms with Crippen LogP contribution in [0.25, 0.3) is 5.76 Å². The standard InChI is InChI=1S/C25H28N2O6/c1-31-18-8-9-19(20(16-18)32-2)22-21(23(28)17-6-4-3-5-7-17)24(29)25(30)27(22)11-10-26-12-14-33-15-13-26/h3-9,16,22,28H,10-15H2,1-2H3/p+1/b23-21-/t22-/m0/s1. The van der Waals surface area contributed by atoms with Gasteiger partial charge in [0.15, 0.2) is 0 Å². The molecule has 2 N–H and O–H groups in total. The van der Waals surface area contributed by atoms with Crippen LogP contribution in [0.1, 0.15) is 17.2 Å². The highest BCUT2D eigenvalue weighted by Crippen LogP contribution is 2.43. The van der Waals surface area contributed by atoms with Crippen LogP contribution in [0.2, 0.25) is 0 Å². The van der Waals surface area contributed by atoms with Crippen molar-refractivity contribution in [2.75, 3.05) is 53.6 Å². The number of morpholine rings is 1. The maximum Gasteiger partial charge on any atom is 0.295 e. The fraction of sp³-hybridized carbons (Fsp3) is 0.360. The highest BCUT2D eigenvalue weighted by molar-refractivity contribution is 6.46. The van der Waals surface area contributed by atoms with E-state index in [1.165, 1.54) is 12.0 Å². The van der Waals surface area contributed by atoms with Gasteiger partial charge < -0.3 is 29.1 Å². The summed E-state index contributed by atoms with van der Waals surface area (Å²) in [6.07, 6.45) is 0. The summed E-state index contributed by atoms with van der Waals surface area (Å²) in [5.41, 5.74) is 1.16. The summed E-state index contributed by atoms with van der Waals surface area (Å²) in [4.78, 5) is 29.2. The number of hydrogen-bond acceptors (Lipinski definition) is 6. The van der Waals surface area contributed by atoms with Crippen LogP contribution in [-0.2, 0) is 14.3 Å². The Morgan fingerprint density at radius 2 is 1.82 bits per heavy atom. The predicted molar refractivity (Wildman–Crippen MR) is 121 cm³/mol. The van der Waals surface area contributed by atoms with E-state index in [1.807, 2.05) is 6.07 Å². The normalized spacial score (nSPS) is 20.8. The lowest BCUT2D eigenvalue weighted by molar-refractivity contribution is -0.907. The molecule has 2 saturated heterocycles. The molecule has 2 aliphatic rings. The lowest BCUT2D eigenvalue weighted by Crippen LogP contribution is -3.14. The molecule has 174 valence electrons. The van der Waals surface area contributed by atoms with E-state index in [-0.39, 0.29) is 11.3 Å². The molecule has 0 aliphatic carbocycles. The third kappa shape index (κ3) is 4.58. The van der Waals surface area contributed by atoms with Gasteiger partial charge >= 0.3 is 0 Å². The number of methoxy groups -OCH3 is 2. The molecule has 0 bridgehead atoms. The van der Waals surface area contributed by atoms with E-state index in [0.29, 0.717) is 48.9 Å². The van der Waals surface area contributed by atoms with Crippen LogP contribution in [0.4, 0.5) is 0 Å². The second-order valence-electron chi connectivity index (χ2n) is 8.08. The molecule has 0 spiro atoms. The fourth-order valence-corrected chi connectivity index (χ4v) is 4.42. The molecule has 2 fully saturated rings. The number of rotatable bonds is 7. The monoisotopic (exact) mass is 453 g/mol. The Labute approximate surface area is 193 Å². The van der Waals surface area contributed by atoms with Gasteiger partial charge in [0.25, 0.3) is 11.7 Å². The molecule has 0 saturated carbocycles. The molecule has 8 heteroatoms. The molecule has 2 aromatic carbocycles. The minimum atomic E-state index is -0.772. The number of Topliss-reactive ketones (excluding diaryl/α,β-unsaturated/α-hetero) is 1. The Morgan fingerprint density at radius 1 is 1.09 bits per heavy atom. The topological polar surface area (TPSA) is 89.7 Å². The molecule has 8 nitrogen and oxygen atoms in total. The maximum absolute atomic E-state index is 13.2. The number of carbonyl (C=O) groups is 2. The Hall–Kier alpha value is -3.36. The number of ketones is 1. The van der Waals surface area contributed by atoms with Gasteiger partial charge in [-0.3, -0.25) is 9.59 Å². The number of nitrogens with zero attached hydrogens (tertiary/aromatic N) is 1. The molecule has 2 aliphatic heterocycles. The zero-order valence-corrected chi connectivity index (χ0v) is 18.9. The summed E-state index contributed by atoms with van der Waals surface area (Å²) in [7, 11) is 3.08. The number of quaternary nitrogens is 1. The predicted octanol–water partition coefficient (Wildman–Crippen LogP) is 1.04. The first-order chi connectivity index (χ1) is 16.0. The molecule has 33 heavy (non-hydrogen) atoms. The molecular formula is C25H29N2O6+. The van der Waals surface area contributed by atoms with E-state index < -0.39 is 17.7 Å². The van der Waals surface area contributed by atoms with Crippen molar-refractivity contribution in [1.82, 2.24) is 4.90 Å². The lowest BCUT2D eigenvalue weighted by Gasteiger charge is -2.29. The summed E-state index contributed by atoms with van der Waals surface area (Å²) in [6.45, 7) is 4.10. The minimum Gasteiger partial charge on any atom is -0.507 e. The molecule has 1 amide bonds. The summed E-state index contributed by atoms with van der Waals surface area (Å²) >= 11 is 0. The Morgan fingerprint density at radius 3 is 2.48 bits per heavy atom. The molecule has 1 atom stereocenters. The van der Waals surface area contributed by atoms with Crippen LogP contribution < -0.4 is 14.4 Å². The fourth-order valence-electron chi connectivity index (χ4n) is 4.42. The minimum absolute atomic E-state index is 0.0617. The van der Waals surface area contributed by atoms with Gasteiger partial charge in [-0.2, -0.15) is 0 Å². The van der Waals surface area contributed by atoms with Crippen LogP contribution in [0.15, 0.2) is 54.1 Å². The molecular weight excluding hydrogens is 424 g/mol. The second-order valence-corrected chi connectivity index (χ2v) is 8.08. The van der Waals surface area contributed by atoms with Crippen molar-refractivity contribution in [2.45, 2.75) is 6.04 Å². The second kappa shape index (κ2) is 10.1. The summed E-state index contributed by atoms with van der Waals surface area (Å²) in [6, 6.07) is 13.3. The first-order valence-corrected chi connectivity index (χ1v) is 11.0. The summed E-state index contributed by atoms with van der Waals surface area (Å²) < 4.78 is 16.3. The highest BCUT2D eigenvalue weighted by Gasteiger charge is 2.47. The van der Waals surface area contributed by atoms with Gasteiger partial charge in [-0.05, 0) is 12.1 Å². The zero-order chi connectivity index (χ0) is 23.4. The van der Waals surface area contributed by atoms with E-state index in [4.69, 9.17) is 14.2 Å². The molecule has 0 aromatic heterocycles. The zero-order valence-electron chi connectivity index (χ0n) is 18.9. The molecule has 2 aromatic rings. The third-order valence-electron chi connectivity index (χ3n) is 6.23. The quantitative estimate of drug-likeness (QED) is 0.370. The van der Waals surface area contributed by atoms with E-state index in [1.54, 1.807) is 54.5 Å². The van der Waals surface area contributed by atoms with Gasteiger partial charge in [-0.15, -0.1) is 0 Å². The van der Waals surface area contributed by atoms with Crippen LogP contribution in [-0.4, -0.2) is 75.3 Å². The van der Waals surface area contributed by atoms with Crippen LogP contribution in [0.5, 0.6) is 11.5 Å². The summed E-state index contributed by atoms with van der Waals surface area (Å²) in [5.74, 6) is -0.449. The SMILES string of the molecule is COc1ccc([C@H]2/C(=C(/O)c3ccccc3)C(=O)C(=O)N2CC[NH+]2CCOCC2)c(OC)c1. The van der Waals surface area contributed by atoms with Gasteiger partial charge in [0.1, 0.15) is 30.3 Å². The molecule has 2 heterocycles. The Bertz CT molecular complexity index is 1050. The van der Waals surface area contributed by atoms with E-state index in [0.717, 1.165) is 13.1 Å². The van der Waals surface area contributed by atoms with Crippen LogP contribution in [0, 0.1) is 0 Å². The van der Waals surface area contributed by atoms with Crippen molar-refractivity contribution in [3.63, 3.8) is 0 Å². The van der Waals surface area contributed by atoms with Gasteiger partial charge in [-0.25, -0.2) is 0 Å². The first kappa shape index (κ1) is 22.8. The van der Waals surface area contributed by atoms with Crippen LogP contribution in [0.3, 0.4) is 0 Å². The Kier molecular flexibility index (Phi) is 6.96. The summed E-state index contributed by atoms with van der Waals surface area (Å²) in [5, 5.41) is 11.1. The first-order valence-electron chi connectivity index (χ1n) is 11.0. The number of benzene rings is 2. The molecule has 4 rings (SSSR count). The largest absolute Gasteiger partial charge is 0.507 e. The maximum atomic E-state index is 13.2. The smallest absolute Gasteiger partial charge is 0.295 e. The van der Waals surface area contributed by atoms with E-state index in [9.17, 15) is 14.7 Å². The number of amides is 1. The van der Waals surface area contributed by atoms with E-state index in [2.05, 4.69) is 0 Å². The van der Waals surface area contributed by atoms with E-state index >= 15 is 0 Å². The van der Waals surface area contributed by atoms with Crippen molar-refractivity contribution in [3.8, 4) is 11.5 Å². The number of hydrogen-bond donors (Lipinski definition) is 2. The average Bonchev–Trinajstić information content (AvgIpc) is 3.12. The van der Waals surface area contributed by atoms with Crippen molar-refractivity contribution in [3.05, 3.63) is 65.2 Å². The van der Waals surface area contributed by atoms with Crippen molar-refractivity contribution < 1.29 is 33.8 Å². The highest BCUT2D eigenvalue weighted by atomic mass is 16.5. The molecule has 0 radical (unpaired) electrons. The Balaban J connectivity index is 1.79. The van der Waals surface area contributed by atoms with Gasteiger partial charge in [-0.1, -0.05) is 30.3 Å². The molecule has 0 unspecified atom stereocenters. The third-order valence-corrected chi connectivity index (χ3v) is 6.23. The number of nitrogens with one attached hydrogen (secondary N) is 1. The number of ether oxygens (including phenoxy) is 3. The van der Waals surface area contributed by atoms with Crippen molar-refractivity contribution >= 4 is 17.4 Å². The van der Waals surface area contributed by atoms with Gasteiger partial charge in [0.2, 0.25) is 0 Å². The van der Waals surface area contributed by atoms with Crippen LogP contribution >= 0.6 is 0 Å². The number of aliphatic hydroxyl groups excluding tert-OH is 1. The average molecular weight is 454 g/mol. The number of carbonyl (C=O) groups excluding carboxylic acids is 2. The number of aliphatic hydroxyl groups is 1. The van der Waals surface area contributed by atoms with Crippen molar-refractivity contribution in [1.29, 1.82) is 0 Å². The van der Waals surface area contributed by atoms with Gasteiger partial charge in [0, 0.05) is 17.2 Å².